The first kappa shape index (κ1) is 16.9. The number of nitrogens with zero attached hydrogens (tertiary/aromatic N) is 1. The fraction of sp³-hybridized carbons (Fsp3) is 0.316. The number of benzene rings is 2. The van der Waals surface area contributed by atoms with E-state index in [1.54, 1.807) is 11.8 Å². The smallest absolute Gasteiger partial charge is 0.255 e. The SMILES string of the molecule is CSCc1ccc(C(=O)Nc2ccc(N3CCOCC3)cc2)cc1. The molecule has 1 aliphatic heterocycles. The lowest BCUT2D eigenvalue weighted by Gasteiger charge is -2.28. The van der Waals surface area contributed by atoms with Gasteiger partial charge in [-0.1, -0.05) is 12.1 Å². The van der Waals surface area contributed by atoms with E-state index in [9.17, 15) is 4.79 Å². The molecule has 5 heteroatoms. The van der Waals surface area contributed by atoms with E-state index in [4.69, 9.17) is 4.74 Å². The number of thioether (sulfide) groups is 1. The van der Waals surface area contributed by atoms with Crippen LogP contribution in [0.3, 0.4) is 0 Å². The number of nitrogens with one attached hydrogen (secondary N) is 1. The normalized spacial score (nSPS) is 14.5. The van der Waals surface area contributed by atoms with Crippen LogP contribution in [0, 0.1) is 0 Å². The highest BCUT2D eigenvalue weighted by atomic mass is 32.2. The molecular weight excluding hydrogens is 320 g/mol. The highest BCUT2D eigenvalue weighted by Gasteiger charge is 2.11. The molecule has 2 aromatic rings. The van der Waals surface area contributed by atoms with Crippen LogP contribution in [-0.2, 0) is 10.5 Å². The summed E-state index contributed by atoms with van der Waals surface area (Å²) in [5.74, 6) is 0.884. The third-order valence-corrected chi connectivity index (χ3v) is 4.65. The predicted molar refractivity (Wildman–Crippen MR) is 101 cm³/mol. The minimum absolute atomic E-state index is 0.0789. The molecule has 4 nitrogen and oxygen atoms in total. The van der Waals surface area contributed by atoms with E-state index in [1.165, 1.54) is 5.56 Å². The van der Waals surface area contributed by atoms with Gasteiger partial charge in [-0.3, -0.25) is 4.79 Å². The van der Waals surface area contributed by atoms with Crippen molar-refractivity contribution in [1.82, 2.24) is 0 Å². The predicted octanol–water partition coefficient (Wildman–Crippen LogP) is 3.64. The van der Waals surface area contributed by atoms with Gasteiger partial charge in [0, 0.05) is 35.8 Å². The van der Waals surface area contributed by atoms with Gasteiger partial charge < -0.3 is 15.0 Å². The van der Waals surface area contributed by atoms with Crippen molar-refractivity contribution in [2.45, 2.75) is 5.75 Å². The molecule has 24 heavy (non-hydrogen) atoms. The average molecular weight is 342 g/mol. The van der Waals surface area contributed by atoms with Crippen LogP contribution < -0.4 is 10.2 Å². The second-order valence-electron chi connectivity index (χ2n) is 5.73. The topological polar surface area (TPSA) is 41.6 Å². The van der Waals surface area contributed by atoms with E-state index in [0.29, 0.717) is 5.56 Å². The molecule has 1 aliphatic rings. The van der Waals surface area contributed by atoms with E-state index in [1.807, 2.05) is 48.5 Å². The highest BCUT2D eigenvalue weighted by Crippen LogP contribution is 2.19. The molecule has 0 aromatic heterocycles. The summed E-state index contributed by atoms with van der Waals surface area (Å²) in [6.07, 6.45) is 2.07. The summed E-state index contributed by atoms with van der Waals surface area (Å²) in [6, 6.07) is 15.8. The molecule has 0 radical (unpaired) electrons. The second kappa shape index (κ2) is 8.22. The second-order valence-corrected chi connectivity index (χ2v) is 6.60. The van der Waals surface area contributed by atoms with Crippen molar-refractivity contribution < 1.29 is 9.53 Å². The van der Waals surface area contributed by atoms with Crippen LogP contribution in [0.15, 0.2) is 48.5 Å². The summed E-state index contributed by atoms with van der Waals surface area (Å²) in [5, 5.41) is 2.95. The lowest BCUT2D eigenvalue weighted by atomic mass is 10.1. The summed E-state index contributed by atoms with van der Waals surface area (Å²) >= 11 is 1.77. The third kappa shape index (κ3) is 4.30. The lowest BCUT2D eigenvalue weighted by molar-refractivity contribution is 0.102. The quantitative estimate of drug-likeness (QED) is 0.901. The number of hydrogen-bond donors (Lipinski definition) is 1. The van der Waals surface area contributed by atoms with Gasteiger partial charge >= 0.3 is 0 Å². The van der Waals surface area contributed by atoms with Crippen molar-refractivity contribution in [3.8, 4) is 0 Å². The Labute approximate surface area is 147 Å². The summed E-state index contributed by atoms with van der Waals surface area (Å²) in [7, 11) is 0. The van der Waals surface area contributed by atoms with Gasteiger partial charge in [-0.25, -0.2) is 0 Å². The zero-order valence-electron chi connectivity index (χ0n) is 13.8. The van der Waals surface area contributed by atoms with Crippen LogP contribution in [0.4, 0.5) is 11.4 Å². The standard InChI is InChI=1S/C19H22N2O2S/c1-24-14-15-2-4-16(5-3-15)19(22)20-17-6-8-18(9-7-17)21-10-12-23-13-11-21/h2-9H,10-14H2,1H3,(H,20,22). The molecule has 0 aliphatic carbocycles. The Kier molecular flexibility index (Phi) is 5.77. The Morgan fingerprint density at radius 1 is 1.08 bits per heavy atom. The van der Waals surface area contributed by atoms with E-state index >= 15 is 0 Å². The number of amides is 1. The van der Waals surface area contributed by atoms with Crippen molar-refractivity contribution in [2.24, 2.45) is 0 Å². The maximum absolute atomic E-state index is 12.3. The number of carbonyl (C=O) groups is 1. The summed E-state index contributed by atoms with van der Waals surface area (Å²) < 4.78 is 5.37. The van der Waals surface area contributed by atoms with Gasteiger partial charge in [-0.15, -0.1) is 0 Å². The number of anilines is 2. The Balaban J connectivity index is 1.61. The van der Waals surface area contributed by atoms with E-state index in [0.717, 1.165) is 43.4 Å². The maximum Gasteiger partial charge on any atom is 0.255 e. The van der Waals surface area contributed by atoms with Crippen LogP contribution in [0.2, 0.25) is 0 Å². The molecule has 0 saturated carbocycles. The van der Waals surface area contributed by atoms with Crippen molar-refractivity contribution in [2.75, 3.05) is 42.8 Å². The Hall–Kier alpha value is -1.98. The van der Waals surface area contributed by atoms with E-state index < -0.39 is 0 Å². The Morgan fingerprint density at radius 2 is 1.75 bits per heavy atom. The Bertz CT molecular complexity index is 665. The molecule has 126 valence electrons. The number of rotatable bonds is 5. The molecule has 1 fully saturated rings. The van der Waals surface area contributed by atoms with Crippen LogP contribution in [0.5, 0.6) is 0 Å². The first-order chi connectivity index (χ1) is 11.8. The first-order valence-corrected chi connectivity index (χ1v) is 9.47. The van der Waals surface area contributed by atoms with Gasteiger partial charge in [0.1, 0.15) is 0 Å². The number of carbonyl (C=O) groups excluding carboxylic acids is 1. The molecule has 0 spiro atoms. The van der Waals surface area contributed by atoms with Gasteiger partial charge in [0.05, 0.1) is 13.2 Å². The van der Waals surface area contributed by atoms with E-state index in [-0.39, 0.29) is 5.91 Å². The average Bonchev–Trinajstić information content (AvgIpc) is 2.64. The van der Waals surface area contributed by atoms with Crippen LogP contribution in [0.25, 0.3) is 0 Å². The molecule has 2 aromatic carbocycles. The van der Waals surface area contributed by atoms with E-state index in [2.05, 4.69) is 16.5 Å². The van der Waals surface area contributed by atoms with Crippen LogP contribution >= 0.6 is 11.8 Å². The molecule has 1 heterocycles. The minimum Gasteiger partial charge on any atom is -0.378 e. The van der Waals surface area contributed by atoms with Gasteiger partial charge in [0.25, 0.3) is 5.91 Å². The van der Waals surface area contributed by atoms with Crippen molar-refractivity contribution in [3.05, 3.63) is 59.7 Å². The molecule has 1 N–H and O–H groups in total. The number of morpholine rings is 1. The molecule has 3 rings (SSSR count). The summed E-state index contributed by atoms with van der Waals surface area (Å²) in [6.45, 7) is 3.36. The Morgan fingerprint density at radius 3 is 2.38 bits per heavy atom. The maximum atomic E-state index is 12.3. The summed E-state index contributed by atoms with van der Waals surface area (Å²) in [4.78, 5) is 14.6. The fourth-order valence-electron chi connectivity index (χ4n) is 2.70. The molecular formula is C19H22N2O2S. The van der Waals surface area contributed by atoms with Gasteiger partial charge in [0.2, 0.25) is 0 Å². The lowest BCUT2D eigenvalue weighted by Crippen LogP contribution is -2.36. The molecule has 0 atom stereocenters. The molecule has 1 saturated heterocycles. The van der Waals surface area contributed by atoms with Gasteiger partial charge in [-0.05, 0) is 48.2 Å². The van der Waals surface area contributed by atoms with Crippen LogP contribution in [-0.4, -0.2) is 38.5 Å². The summed E-state index contributed by atoms with van der Waals surface area (Å²) in [5.41, 5.74) is 3.88. The zero-order chi connectivity index (χ0) is 16.8. The van der Waals surface area contributed by atoms with Crippen molar-refractivity contribution >= 4 is 29.0 Å². The first-order valence-electron chi connectivity index (χ1n) is 8.08. The molecule has 1 amide bonds. The monoisotopic (exact) mass is 342 g/mol. The largest absolute Gasteiger partial charge is 0.378 e. The third-order valence-electron chi connectivity index (χ3n) is 4.03. The van der Waals surface area contributed by atoms with Crippen molar-refractivity contribution in [1.29, 1.82) is 0 Å². The molecule has 0 bridgehead atoms. The number of ether oxygens (including phenoxy) is 1. The van der Waals surface area contributed by atoms with Crippen LogP contribution in [0.1, 0.15) is 15.9 Å². The number of hydrogen-bond acceptors (Lipinski definition) is 4. The zero-order valence-corrected chi connectivity index (χ0v) is 14.6. The van der Waals surface area contributed by atoms with Gasteiger partial charge in [-0.2, -0.15) is 11.8 Å². The fourth-order valence-corrected chi connectivity index (χ4v) is 3.23. The highest BCUT2D eigenvalue weighted by molar-refractivity contribution is 7.97. The van der Waals surface area contributed by atoms with Crippen molar-refractivity contribution in [3.63, 3.8) is 0 Å². The molecule has 0 unspecified atom stereocenters. The van der Waals surface area contributed by atoms with Gasteiger partial charge in [0.15, 0.2) is 0 Å². The minimum atomic E-state index is -0.0789.